The first-order valence-electron chi connectivity index (χ1n) is 6.08. The molecule has 1 aromatic carbocycles. The zero-order chi connectivity index (χ0) is 13.8. The van der Waals surface area contributed by atoms with E-state index in [0.29, 0.717) is 0 Å². The summed E-state index contributed by atoms with van der Waals surface area (Å²) in [5.74, 6) is -0.937. The number of benzene rings is 1. The highest BCUT2D eigenvalue weighted by Gasteiger charge is 2.11. The Kier molecular flexibility index (Phi) is 4.12. The lowest BCUT2D eigenvalue weighted by molar-refractivity contribution is -0.131. The van der Waals surface area contributed by atoms with E-state index >= 15 is 0 Å². The van der Waals surface area contributed by atoms with Gasteiger partial charge in [-0.1, -0.05) is 31.2 Å². The number of nitrogens with zero attached hydrogens (tertiary/aromatic N) is 1. The number of aliphatic carboxylic acids is 1. The lowest BCUT2D eigenvalue weighted by atomic mass is 10.1. The van der Waals surface area contributed by atoms with Gasteiger partial charge in [0, 0.05) is 11.6 Å². The Bertz CT molecular complexity index is 629. The minimum absolute atomic E-state index is 0.793. The van der Waals surface area contributed by atoms with Crippen molar-refractivity contribution in [3.8, 4) is 10.6 Å². The van der Waals surface area contributed by atoms with Crippen molar-refractivity contribution in [1.29, 1.82) is 0 Å². The molecule has 2 aromatic rings. The smallest absolute Gasteiger partial charge is 0.328 e. The fourth-order valence-electron chi connectivity index (χ4n) is 1.82. The van der Waals surface area contributed by atoms with Gasteiger partial charge in [-0.15, -0.1) is 11.3 Å². The Balaban J connectivity index is 2.44. The molecule has 0 atom stereocenters. The van der Waals surface area contributed by atoms with Crippen molar-refractivity contribution in [2.75, 3.05) is 0 Å². The first-order valence-corrected chi connectivity index (χ1v) is 6.90. The zero-order valence-electron chi connectivity index (χ0n) is 10.9. The van der Waals surface area contributed by atoms with Crippen LogP contribution in [0.15, 0.2) is 30.3 Å². The van der Waals surface area contributed by atoms with Crippen LogP contribution in [0.1, 0.15) is 23.1 Å². The molecule has 0 saturated carbocycles. The highest BCUT2D eigenvalue weighted by atomic mass is 32.1. The molecule has 0 unspecified atom stereocenters. The van der Waals surface area contributed by atoms with Crippen molar-refractivity contribution in [3.63, 3.8) is 0 Å². The number of hydrogen-bond donors (Lipinski definition) is 1. The van der Waals surface area contributed by atoms with E-state index in [-0.39, 0.29) is 0 Å². The third-order valence-corrected chi connectivity index (χ3v) is 3.91. The third kappa shape index (κ3) is 3.09. The second kappa shape index (κ2) is 5.80. The number of aromatic nitrogens is 1. The van der Waals surface area contributed by atoms with E-state index in [9.17, 15) is 4.79 Å². The SMILES string of the molecule is CCc1nc(-c2ccccc2C)sc1/C=C/C(=O)O. The van der Waals surface area contributed by atoms with E-state index < -0.39 is 5.97 Å². The van der Waals surface area contributed by atoms with Crippen LogP contribution in [0, 0.1) is 6.92 Å². The predicted molar refractivity (Wildman–Crippen MR) is 78.3 cm³/mol. The van der Waals surface area contributed by atoms with Gasteiger partial charge in [-0.2, -0.15) is 0 Å². The number of thiazole rings is 1. The average molecular weight is 273 g/mol. The average Bonchev–Trinajstić information content (AvgIpc) is 2.80. The number of rotatable bonds is 4. The molecule has 3 nitrogen and oxygen atoms in total. The van der Waals surface area contributed by atoms with Crippen molar-refractivity contribution in [3.05, 3.63) is 46.5 Å². The topological polar surface area (TPSA) is 50.2 Å². The van der Waals surface area contributed by atoms with Crippen molar-refractivity contribution < 1.29 is 9.90 Å². The van der Waals surface area contributed by atoms with Crippen LogP contribution in [-0.4, -0.2) is 16.1 Å². The van der Waals surface area contributed by atoms with Gasteiger partial charge in [0.1, 0.15) is 5.01 Å². The molecule has 0 aliphatic rings. The minimum atomic E-state index is -0.937. The van der Waals surface area contributed by atoms with Gasteiger partial charge < -0.3 is 5.11 Å². The largest absolute Gasteiger partial charge is 0.478 e. The highest BCUT2D eigenvalue weighted by molar-refractivity contribution is 7.16. The second-order valence-corrected chi connectivity index (χ2v) is 5.20. The first-order chi connectivity index (χ1) is 9.11. The Morgan fingerprint density at radius 1 is 1.42 bits per heavy atom. The van der Waals surface area contributed by atoms with Crippen molar-refractivity contribution in [2.24, 2.45) is 0 Å². The summed E-state index contributed by atoms with van der Waals surface area (Å²) in [7, 11) is 0. The molecule has 0 amide bonds. The number of hydrogen-bond acceptors (Lipinski definition) is 3. The minimum Gasteiger partial charge on any atom is -0.478 e. The molecule has 0 fully saturated rings. The molecular weight excluding hydrogens is 258 g/mol. The Labute approximate surface area is 116 Å². The highest BCUT2D eigenvalue weighted by Crippen LogP contribution is 2.31. The maximum atomic E-state index is 10.6. The molecule has 19 heavy (non-hydrogen) atoms. The summed E-state index contributed by atoms with van der Waals surface area (Å²) >= 11 is 1.53. The molecule has 2 rings (SSSR count). The summed E-state index contributed by atoms with van der Waals surface area (Å²) in [6, 6.07) is 8.08. The quantitative estimate of drug-likeness (QED) is 0.862. The van der Waals surface area contributed by atoms with Crippen molar-refractivity contribution in [1.82, 2.24) is 4.98 Å². The fraction of sp³-hybridized carbons (Fsp3) is 0.200. The molecule has 98 valence electrons. The van der Waals surface area contributed by atoms with Crippen LogP contribution in [0.2, 0.25) is 0 Å². The van der Waals surface area contributed by atoms with E-state index in [1.165, 1.54) is 16.9 Å². The third-order valence-electron chi connectivity index (χ3n) is 2.82. The summed E-state index contributed by atoms with van der Waals surface area (Å²) in [4.78, 5) is 16.1. The molecule has 0 spiro atoms. The van der Waals surface area contributed by atoms with E-state index in [0.717, 1.165) is 33.6 Å². The number of aryl methyl sites for hydroxylation is 2. The van der Waals surface area contributed by atoms with Crippen molar-refractivity contribution >= 4 is 23.4 Å². The van der Waals surface area contributed by atoms with Crippen LogP contribution in [0.5, 0.6) is 0 Å². The van der Waals surface area contributed by atoms with Gasteiger partial charge in [0.15, 0.2) is 0 Å². The summed E-state index contributed by atoms with van der Waals surface area (Å²) in [6.07, 6.45) is 3.58. The Hall–Kier alpha value is -1.94. The Morgan fingerprint density at radius 3 is 2.79 bits per heavy atom. The van der Waals surface area contributed by atoms with Gasteiger partial charge in [0.05, 0.1) is 10.6 Å². The molecule has 1 aromatic heterocycles. The van der Waals surface area contributed by atoms with E-state index in [2.05, 4.69) is 18.0 Å². The molecule has 0 aliphatic heterocycles. The number of carboxylic acids is 1. The molecule has 0 aliphatic carbocycles. The molecule has 1 N–H and O–H groups in total. The molecule has 4 heteroatoms. The van der Waals surface area contributed by atoms with Gasteiger partial charge in [-0.05, 0) is 25.0 Å². The normalized spacial score (nSPS) is 11.1. The molecule has 0 bridgehead atoms. The van der Waals surface area contributed by atoms with Crippen LogP contribution >= 0.6 is 11.3 Å². The van der Waals surface area contributed by atoms with Crippen LogP contribution in [0.4, 0.5) is 0 Å². The van der Waals surface area contributed by atoms with E-state index in [1.54, 1.807) is 6.08 Å². The summed E-state index contributed by atoms with van der Waals surface area (Å²) in [6.45, 7) is 4.07. The summed E-state index contributed by atoms with van der Waals surface area (Å²) in [5.41, 5.74) is 3.23. The fourth-order valence-corrected chi connectivity index (χ4v) is 2.97. The molecule has 1 heterocycles. The Morgan fingerprint density at radius 2 is 2.16 bits per heavy atom. The van der Waals surface area contributed by atoms with Crippen LogP contribution < -0.4 is 0 Å². The van der Waals surface area contributed by atoms with Crippen LogP contribution in [0.25, 0.3) is 16.6 Å². The van der Waals surface area contributed by atoms with Gasteiger partial charge in [-0.3, -0.25) is 0 Å². The lowest BCUT2D eigenvalue weighted by Crippen LogP contribution is -1.87. The van der Waals surface area contributed by atoms with Gasteiger partial charge >= 0.3 is 5.97 Å². The standard InChI is InChI=1S/C15H15NO2S/c1-3-12-13(8-9-14(17)18)19-15(16-12)11-7-5-4-6-10(11)2/h4-9H,3H2,1-2H3,(H,17,18)/b9-8+. The van der Waals surface area contributed by atoms with Gasteiger partial charge in [0.2, 0.25) is 0 Å². The number of carbonyl (C=O) groups is 1. The van der Waals surface area contributed by atoms with Crippen LogP contribution in [-0.2, 0) is 11.2 Å². The predicted octanol–water partition coefficient (Wildman–Crippen LogP) is 3.78. The second-order valence-electron chi connectivity index (χ2n) is 4.17. The zero-order valence-corrected chi connectivity index (χ0v) is 11.7. The van der Waals surface area contributed by atoms with E-state index in [4.69, 9.17) is 5.11 Å². The summed E-state index contributed by atoms with van der Waals surface area (Å²) < 4.78 is 0. The maximum Gasteiger partial charge on any atom is 0.328 e. The lowest BCUT2D eigenvalue weighted by Gasteiger charge is -1.99. The number of carboxylic acid groups (broad SMARTS) is 1. The molecule has 0 radical (unpaired) electrons. The van der Waals surface area contributed by atoms with E-state index in [1.807, 2.05) is 25.1 Å². The van der Waals surface area contributed by atoms with Crippen molar-refractivity contribution in [2.45, 2.75) is 20.3 Å². The molecule has 0 saturated heterocycles. The maximum absolute atomic E-state index is 10.6. The first kappa shape index (κ1) is 13.5. The van der Waals surface area contributed by atoms with Gasteiger partial charge in [-0.25, -0.2) is 9.78 Å². The monoisotopic (exact) mass is 273 g/mol. The van der Waals surface area contributed by atoms with Gasteiger partial charge in [0.25, 0.3) is 0 Å². The van der Waals surface area contributed by atoms with Crippen LogP contribution in [0.3, 0.4) is 0 Å². The summed E-state index contributed by atoms with van der Waals surface area (Å²) in [5, 5.41) is 9.65. The molecular formula is C15H15NO2S.